The lowest BCUT2D eigenvalue weighted by molar-refractivity contribution is 0.251. The van der Waals surface area contributed by atoms with E-state index in [4.69, 9.17) is 0 Å². The Labute approximate surface area is 152 Å². The zero-order valence-corrected chi connectivity index (χ0v) is 14.9. The van der Waals surface area contributed by atoms with E-state index in [0.29, 0.717) is 13.1 Å². The largest absolute Gasteiger partial charge is 0.345 e. The van der Waals surface area contributed by atoms with Crippen LogP contribution >= 0.6 is 0 Å². The number of nitrogens with one attached hydrogen (secondary N) is 2. The average molecular weight is 351 g/mol. The molecule has 0 unspecified atom stereocenters. The maximum Gasteiger partial charge on any atom is 0.319 e. The van der Waals surface area contributed by atoms with Crippen molar-refractivity contribution in [1.82, 2.24) is 9.88 Å². The second-order valence-corrected chi connectivity index (χ2v) is 6.38. The monoisotopic (exact) mass is 351 g/mol. The summed E-state index contributed by atoms with van der Waals surface area (Å²) >= 11 is 0. The number of benzene rings is 2. The first-order chi connectivity index (χ1) is 12.5. The summed E-state index contributed by atoms with van der Waals surface area (Å²) in [6.45, 7) is 4.89. The first kappa shape index (κ1) is 17.7. The molecule has 0 fully saturated rings. The van der Waals surface area contributed by atoms with Gasteiger partial charge in [0.25, 0.3) is 0 Å². The van der Waals surface area contributed by atoms with Crippen LogP contribution in [-0.2, 0) is 13.1 Å². The number of aryl methyl sites for hydroxylation is 2. The van der Waals surface area contributed by atoms with Gasteiger partial charge in [-0.1, -0.05) is 24.3 Å². The van der Waals surface area contributed by atoms with Gasteiger partial charge in [0.15, 0.2) is 0 Å². The van der Waals surface area contributed by atoms with Crippen LogP contribution < -0.4 is 10.6 Å². The smallest absolute Gasteiger partial charge is 0.319 e. The van der Waals surface area contributed by atoms with Gasteiger partial charge in [0.1, 0.15) is 5.82 Å². The minimum atomic E-state index is -0.253. The van der Waals surface area contributed by atoms with Crippen LogP contribution in [0.3, 0.4) is 0 Å². The van der Waals surface area contributed by atoms with Gasteiger partial charge in [-0.05, 0) is 60.9 Å². The van der Waals surface area contributed by atoms with Crippen LogP contribution in [0, 0.1) is 19.7 Å². The lowest BCUT2D eigenvalue weighted by Crippen LogP contribution is -2.29. The zero-order chi connectivity index (χ0) is 18.5. The summed E-state index contributed by atoms with van der Waals surface area (Å²) in [6, 6.07) is 16.1. The van der Waals surface area contributed by atoms with Crippen LogP contribution in [0.5, 0.6) is 0 Å². The van der Waals surface area contributed by atoms with Crippen molar-refractivity contribution >= 4 is 11.7 Å². The van der Waals surface area contributed by atoms with Gasteiger partial charge in [0.05, 0.1) is 6.54 Å². The molecule has 0 spiro atoms. The quantitative estimate of drug-likeness (QED) is 0.692. The van der Waals surface area contributed by atoms with Gasteiger partial charge in [-0.15, -0.1) is 0 Å². The van der Waals surface area contributed by atoms with Crippen molar-refractivity contribution in [2.45, 2.75) is 26.9 Å². The van der Waals surface area contributed by atoms with Crippen LogP contribution in [0.25, 0.3) is 0 Å². The Morgan fingerprint density at radius 1 is 1.08 bits per heavy atom. The summed E-state index contributed by atoms with van der Waals surface area (Å²) in [6.07, 6.45) is 1.92. The predicted octanol–water partition coefficient (Wildman–Crippen LogP) is 4.61. The van der Waals surface area contributed by atoms with E-state index in [-0.39, 0.29) is 11.8 Å². The molecular formula is C21H22FN3O. The molecule has 1 aromatic heterocycles. The van der Waals surface area contributed by atoms with Crippen molar-refractivity contribution in [3.8, 4) is 0 Å². The minimum absolute atomic E-state index is 0.248. The number of hydrogen-bond donors (Lipinski definition) is 2. The van der Waals surface area contributed by atoms with Crippen molar-refractivity contribution in [1.29, 1.82) is 0 Å². The lowest BCUT2D eigenvalue weighted by Gasteiger charge is -2.13. The van der Waals surface area contributed by atoms with E-state index in [1.54, 1.807) is 6.07 Å². The molecule has 26 heavy (non-hydrogen) atoms. The molecule has 2 aromatic carbocycles. The molecule has 2 N–H and O–H groups in total. The fraction of sp³-hybridized carbons (Fsp3) is 0.190. The number of carbonyl (C=O) groups excluding carboxylic acids is 1. The van der Waals surface area contributed by atoms with Gasteiger partial charge in [-0.25, -0.2) is 9.18 Å². The van der Waals surface area contributed by atoms with Gasteiger partial charge in [-0.2, -0.15) is 0 Å². The molecule has 0 radical (unpaired) electrons. The Morgan fingerprint density at radius 3 is 2.73 bits per heavy atom. The Hall–Kier alpha value is -3.08. The van der Waals surface area contributed by atoms with Gasteiger partial charge in [0, 0.05) is 24.1 Å². The van der Waals surface area contributed by atoms with Crippen LogP contribution in [0.4, 0.5) is 14.9 Å². The number of urea groups is 1. The Balaban J connectivity index is 1.61. The number of halogens is 1. The van der Waals surface area contributed by atoms with Crippen molar-refractivity contribution in [2.24, 2.45) is 0 Å². The summed E-state index contributed by atoms with van der Waals surface area (Å²) in [4.78, 5) is 12.2. The number of anilines is 1. The third kappa shape index (κ3) is 4.51. The second-order valence-electron chi connectivity index (χ2n) is 6.38. The van der Waals surface area contributed by atoms with E-state index >= 15 is 0 Å². The molecule has 0 saturated heterocycles. The van der Waals surface area contributed by atoms with Gasteiger partial charge >= 0.3 is 6.03 Å². The highest BCUT2D eigenvalue weighted by Crippen LogP contribution is 2.16. The number of aromatic nitrogens is 1. The van der Waals surface area contributed by atoms with Gasteiger partial charge < -0.3 is 15.2 Å². The predicted molar refractivity (Wildman–Crippen MR) is 102 cm³/mol. The normalized spacial score (nSPS) is 10.6. The van der Waals surface area contributed by atoms with Crippen molar-refractivity contribution < 1.29 is 9.18 Å². The van der Waals surface area contributed by atoms with E-state index < -0.39 is 0 Å². The molecule has 0 atom stereocenters. The maximum atomic E-state index is 13.3. The highest BCUT2D eigenvalue weighted by Gasteiger charge is 2.07. The SMILES string of the molecule is Cc1ccc(C)c(NC(=O)NCc2cccn2Cc2cccc(F)c2)c1. The molecule has 0 bridgehead atoms. The number of nitrogens with zero attached hydrogens (tertiary/aromatic N) is 1. The fourth-order valence-corrected chi connectivity index (χ4v) is 2.80. The highest BCUT2D eigenvalue weighted by molar-refractivity contribution is 5.90. The molecule has 0 aliphatic carbocycles. The van der Waals surface area contributed by atoms with E-state index in [0.717, 1.165) is 28.1 Å². The van der Waals surface area contributed by atoms with Gasteiger partial charge in [-0.3, -0.25) is 0 Å². The molecular weight excluding hydrogens is 329 g/mol. The third-order valence-electron chi connectivity index (χ3n) is 4.24. The molecule has 5 heteroatoms. The standard InChI is InChI=1S/C21H22FN3O/c1-15-8-9-16(2)20(11-15)24-21(26)23-13-19-7-4-10-25(19)14-17-5-3-6-18(22)12-17/h3-12H,13-14H2,1-2H3,(H2,23,24,26). The van der Waals surface area contributed by atoms with Crippen LogP contribution in [-0.4, -0.2) is 10.6 Å². The first-order valence-corrected chi connectivity index (χ1v) is 8.52. The summed E-state index contributed by atoms with van der Waals surface area (Å²) in [5, 5.41) is 5.75. The van der Waals surface area contributed by atoms with Crippen molar-refractivity contribution in [2.75, 3.05) is 5.32 Å². The van der Waals surface area contributed by atoms with Crippen molar-refractivity contribution in [3.05, 3.63) is 89.0 Å². The van der Waals surface area contributed by atoms with E-state index in [1.807, 2.05) is 61.0 Å². The number of amides is 2. The van der Waals surface area contributed by atoms with Crippen LogP contribution in [0.15, 0.2) is 60.8 Å². The molecule has 4 nitrogen and oxygen atoms in total. The second kappa shape index (κ2) is 7.87. The molecule has 2 amide bonds. The summed E-state index contributed by atoms with van der Waals surface area (Å²) in [7, 11) is 0. The Kier molecular flexibility index (Phi) is 5.37. The molecule has 134 valence electrons. The summed E-state index contributed by atoms with van der Waals surface area (Å²) < 4.78 is 15.3. The molecule has 0 saturated carbocycles. The number of hydrogen-bond acceptors (Lipinski definition) is 1. The minimum Gasteiger partial charge on any atom is -0.345 e. The van der Waals surface area contributed by atoms with E-state index in [1.165, 1.54) is 12.1 Å². The molecule has 0 aliphatic heterocycles. The van der Waals surface area contributed by atoms with Crippen molar-refractivity contribution in [3.63, 3.8) is 0 Å². The van der Waals surface area contributed by atoms with Gasteiger partial charge in [0.2, 0.25) is 0 Å². The Bertz CT molecular complexity index is 917. The van der Waals surface area contributed by atoms with E-state index in [9.17, 15) is 9.18 Å². The van der Waals surface area contributed by atoms with Crippen LogP contribution in [0.1, 0.15) is 22.4 Å². The molecule has 0 aliphatic rings. The number of carbonyl (C=O) groups is 1. The first-order valence-electron chi connectivity index (χ1n) is 8.52. The molecule has 1 heterocycles. The molecule has 3 rings (SSSR count). The lowest BCUT2D eigenvalue weighted by atomic mass is 10.1. The third-order valence-corrected chi connectivity index (χ3v) is 4.24. The average Bonchev–Trinajstić information content (AvgIpc) is 3.03. The number of rotatable bonds is 5. The maximum absolute atomic E-state index is 13.3. The fourth-order valence-electron chi connectivity index (χ4n) is 2.80. The topological polar surface area (TPSA) is 46.1 Å². The summed E-state index contributed by atoms with van der Waals surface area (Å²) in [5.74, 6) is -0.248. The highest BCUT2D eigenvalue weighted by atomic mass is 19.1. The Morgan fingerprint density at radius 2 is 1.92 bits per heavy atom. The van der Waals surface area contributed by atoms with Crippen LogP contribution in [0.2, 0.25) is 0 Å². The summed E-state index contributed by atoms with van der Waals surface area (Å²) in [5.41, 5.74) is 4.74. The molecule has 3 aromatic rings. The van der Waals surface area contributed by atoms with E-state index in [2.05, 4.69) is 10.6 Å². The zero-order valence-electron chi connectivity index (χ0n) is 14.9.